The van der Waals surface area contributed by atoms with Gasteiger partial charge in [0.15, 0.2) is 0 Å². The van der Waals surface area contributed by atoms with Crippen LogP contribution in [0.3, 0.4) is 0 Å². The minimum Gasteiger partial charge on any atom is -0.351 e. The number of imide groups is 1. The van der Waals surface area contributed by atoms with E-state index < -0.39 is 18.0 Å². The molecule has 126 valence electrons. The highest BCUT2D eigenvalue weighted by atomic mass is 35.5. The second kappa shape index (κ2) is 8.63. The largest absolute Gasteiger partial charge is 0.351 e. The lowest BCUT2D eigenvalue weighted by Crippen LogP contribution is -2.44. The van der Waals surface area contributed by atoms with Gasteiger partial charge in [0.2, 0.25) is 5.91 Å². The topological polar surface area (TPSA) is 75.4 Å². The summed E-state index contributed by atoms with van der Waals surface area (Å²) in [5.41, 5.74) is 5.88. The van der Waals surface area contributed by atoms with Crippen molar-refractivity contribution in [3.63, 3.8) is 0 Å². The van der Waals surface area contributed by atoms with Gasteiger partial charge in [0, 0.05) is 18.0 Å². The van der Waals surface area contributed by atoms with Crippen LogP contribution in [0.15, 0.2) is 55.1 Å². The van der Waals surface area contributed by atoms with Gasteiger partial charge in [-0.25, -0.2) is 4.79 Å². The Hall–Kier alpha value is -2.15. The summed E-state index contributed by atoms with van der Waals surface area (Å²) < 4.78 is 0.682. The first-order valence-electron chi connectivity index (χ1n) is 7.25. The second-order valence-corrected chi connectivity index (χ2v) is 6.89. The monoisotopic (exact) mass is 363 g/mol. The van der Waals surface area contributed by atoms with E-state index in [9.17, 15) is 9.59 Å². The Bertz CT molecular complexity index is 718. The minimum atomic E-state index is -0.876. The molecule has 0 bridgehead atoms. The number of carbonyl (C=O) groups is 2. The molecule has 1 heterocycles. The van der Waals surface area contributed by atoms with Gasteiger partial charge in [0.05, 0.1) is 4.34 Å². The average Bonchev–Trinajstić information content (AvgIpc) is 2.93. The molecule has 3 N–H and O–H groups in total. The predicted molar refractivity (Wildman–Crippen MR) is 96.8 cm³/mol. The van der Waals surface area contributed by atoms with Crippen molar-refractivity contribution >= 4 is 34.9 Å². The molecule has 0 aliphatic rings. The lowest BCUT2D eigenvalue weighted by molar-refractivity contribution is -0.125. The molecule has 1 aromatic carbocycles. The molecule has 0 saturated carbocycles. The van der Waals surface area contributed by atoms with Crippen LogP contribution in [0.2, 0.25) is 4.34 Å². The molecule has 5 nitrogen and oxygen atoms in total. The summed E-state index contributed by atoms with van der Waals surface area (Å²) in [6, 6.07) is 11.4. The minimum absolute atomic E-state index is 0.460. The van der Waals surface area contributed by atoms with Crippen molar-refractivity contribution in [3.8, 4) is 0 Å². The molecule has 2 aromatic rings. The van der Waals surface area contributed by atoms with Crippen molar-refractivity contribution < 1.29 is 9.59 Å². The van der Waals surface area contributed by atoms with E-state index in [0.717, 1.165) is 10.4 Å². The van der Waals surface area contributed by atoms with Crippen LogP contribution in [0.4, 0.5) is 4.79 Å². The maximum absolute atomic E-state index is 12.6. The van der Waals surface area contributed by atoms with E-state index in [-0.39, 0.29) is 0 Å². The van der Waals surface area contributed by atoms with Gasteiger partial charge in [-0.2, -0.15) is 0 Å². The van der Waals surface area contributed by atoms with E-state index in [1.165, 1.54) is 11.3 Å². The fourth-order valence-electron chi connectivity index (χ4n) is 2.42. The van der Waals surface area contributed by atoms with Gasteiger partial charge < -0.3 is 5.73 Å². The summed E-state index contributed by atoms with van der Waals surface area (Å²) in [5.74, 6) is -0.474. The van der Waals surface area contributed by atoms with Crippen molar-refractivity contribution in [1.29, 1.82) is 0 Å². The Morgan fingerprint density at radius 3 is 2.54 bits per heavy atom. The van der Waals surface area contributed by atoms with Gasteiger partial charge in [-0.05, 0) is 17.7 Å². The molecular weight excluding hydrogens is 346 g/mol. The molecule has 0 radical (unpaired) electrons. The molecule has 0 fully saturated rings. The zero-order valence-electron chi connectivity index (χ0n) is 12.9. The number of nitrogens with two attached hydrogens (primary N) is 1. The average molecular weight is 364 g/mol. The smallest absolute Gasteiger partial charge is 0.318 e. The molecule has 0 aliphatic heterocycles. The number of rotatable bonds is 7. The quantitative estimate of drug-likeness (QED) is 0.741. The Balaban J connectivity index is 2.34. The third kappa shape index (κ3) is 4.92. The SMILES string of the molecule is C=CCN(Cc1ccc(Cl)s1)[C@@H](C(=O)NC(N)=O)c1ccccc1. The fourth-order valence-corrected chi connectivity index (χ4v) is 3.53. The highest BCUT2D eigenvalue weighted by Gasteiger charge is 2.28. The first kappa shape index (κ1) is 18.2. The van der Waals surface area contributed by atoms with Gasteiger partial charge in [0.1, 0.15) is 6.04 Å². The number of benzene rings is 1. The van der Waals surface area contributed by atoms with Crippen molar-refractivity contribution in [2.24, 2.45) is 5.73 Å². The van der Waals surface area contributed by atoms with Gasteiger partial charge in [-0.3, -0.25) is 15.0 Å². The number of thiophene rings is 1. The number of urea groups is 1. The Labute approximate surface area is 149 Å². The van der Waals surface area contributed by atoms with E-state index in [0.29, 0.717) is 17.4 Å². The van der Waals surface area contributed by atoms with Crippen molar-refractivity contribution in [2.75, 3.05) is 6.54 Å². The van der Waals surface area contributed by atoms with Crippen LogP contribution in [0, 0.1) is 0 Å². The highest BCUT2D eigenvalue weighted by Crippen LogP contribution is 2.27. The van der Waals surface area contributed by atoms with Gasteiger partial charge in [-0.15, -0.1) is 17.9 Å². The van der Waals surface area contributed by atoms with Crippen LogP contribution >= 0.6 is 22.9 Å². The molecule has 24 heavy (non-hydrogen) atoms. The lowest BCUT2D eigenvalue weighted by Gasteiger charge is -2.29. The molecular formula is C17H18ClN3O2S. The van der Waals surface area contributed by atoms with Crippen molar-refractivity contribution in [3.05, 3.63) is 69.9 Å². The Morgan fingerprint density at radius 1 is 1.29 bits per heavy atom. The van der Waals surface area contributed by atoms with E-state index >= 15 is 0 Å². The molecule has 1 atom stereocenters. The van der Waals surface area contributed by atoms with Crippen LogP contribution in [-0.2, 0) is 11.3 Å². The van der Waals surface area contributed by atoms with Crippen LogP contribution in [-0.4, -0.2) is 23.4 Å². The highest BCUT2D eigenvalue weighted by molar-refractivity contribution is 7.16. The second-order valence-electron chi connectivity index (χ2n) is 5.09. The summed E-state index contributed by atoms with van der Waals surface area (Å²) in [6.07, 6.45) is 1.71. The summed E-state index contributed by atoms with van der Waals surface area (Å²) >= 11 is 7.43. The van der Waals surface area contributed by atoms with Crippen LogP contribution in [0.25, 0.3) is 0 Å². The number of primary amides is 1. The maximum atomic E-state index is 12.6. The number of amides is 3. The third-order valence-electron chi connectivity index (χ3n) is 3.33. The molecule has 0 aliphatic carbocycles. The molecule has 7 heteroatoms. The maximum Gasteiger partial charge on any atom is 0.318 e. The first-order chi connectivity index (χ1) is 11.5. The zero-order valence-corrected chi connectivity index (χ0v) is 14.5. The van der Waals surface area contributed by atoms with E-state index in [2.05, 4.69) is 11.9 Å². The number of nitrogens with one attached hydrogen (secondary N) is 1. The first-order valence-corrected chi connectivity index (χ1v) is 8.45. The summed E-state index contributed by atoms with van der Waals surface area (Å²) in [5, 5.41) is 2.17. The summed E-state index contributed by atoms with van der Waals surface area (Å²) in [4.78, 5) is 26.6. The summed E-state index contributed by atoms with van der Waals surface area (Å²) in [6.45, 7) is 4.71. The fraction of sp³-hybridized carbons (Fsp3) is 0.176. The summed E-state index contributed by atoms with van der Waals surface area (Å²) in [7, 11) is 0. The molecule has 3 amide bonds. The molecule has 0 unspecified atom stereocenters. The number of nitrogens with zero attached hydrogens (tertiary/aromatic N) is 1. The van der Waals surface area contributed by atoms with E-state index in [1.54, 1.807) is 6.08 Å². The normalized spacial score (nSPS) is 11.9. The standard InChI is InChI=1S/C17H18ClN3O2S/c1-2-10-21(11-13-8-9-14(18)24-13)15(16(22)20-17(19)23)12-6-4-3-5-7-12/h2-9,15H,1,10-11H2,(H3,19,20,22,23)/t15-/m1/s1. The Kier molecular flexibility index (Phi) is 6.54. The van der Waals surface area contributed by atoms with Crippen LogP contribution in [0.5, 0.6) is 0 Å². The molecule has 0 spiro atoms. The number of hydrogen-bond acceptors (Lipinski definition) is 4. The van der Waals surface area contributed by atoms with Gasteiger partial charge >= 0.3 is 6.03 Å². The molecule has 0 saturated heterocycles. The van der Waals surface area contributed by atoms with Gasteiger partial charge in [-0.1, -0.05) is 48.0 Å². The van der Waals surface area contributed by atoms with E-state index in [4.69, 9.17) is 17.3 Å². The Morgan fingerprint density at radius 2 is 2.00 bits per heavy atom. The third-order valence-corrected chi connectivity index (χ3v) is 4.54. The predicted octanol–water partition coefficient (Wildman–Crippen LogP) is 3.33. The lowest BCUT2D eigenvalue weighted by atomic mass is 10.0. The molecule has 1 aromatic heterocycles. The van der Waals surface area contributed by atoms with Crippen LogP contribution in [0.1, 0.15) is 16.5 Å². The zero-order chi connectivity index (χ0) is 17.5. The van der Waals surface area contributed by atoms with Crippen molar-refractivity contribution in [1.82, 2.24) is 10.2 Å². The van der Waals surface area contributed by atoms with E-state index in [1.807, 2.05) is 47.4 Å². The van der Waals surface area contributed by atoms with Crippen LogP contribution < -0.4 is 11.1 Å². The molecule has 2 rings (SSSR count). The number of halogens is 1. The van der Waals surface area contributed by atoms with Crippen molar-refractivity contribution in [2.45, 2.75) is 12.6 Å². The number of carbonyl (C=O) groups excluding carboxylic acids is 2. The van der Waals surface area contributed by atoms with Gasteiger partial charge in [0.25, 0.3) is 0 Å². The number of hydrogen-bond donors (Lipinski definition) is 2.